The fourth-order valence-corrected chi connectivity index (χ4v) is 4.08. The van der Waals surface area contributed by atoms with Gasteiger partial charge in [-0.1, -0.05) is 51.6 Å². The minimum atomic E-state index is 0.210. The van der Waals surface area contributed by atoms with Crippen LogP contribution in [0.2, 0.25) is 0 Å². The second-order valence-electron chi connectivity index (χ2n) is 7.01. The molecule has 0 bridgehead atoms. The van der Waals surface area contributed by atoms with Crippen molar-refractivity contribution < 1.29 is 0 Å². The highest BCUT2D eigenvalue weighted by Gasteiger charge is 2.23. The third kappa shape index (κ3) is 3.59. The molecule has 1 aliphatic carbocycles. The smallest absolute Gasteiger partial charge is 0.0384 e. The molecule has 1 aromatic carbocycles. The molecule has 0 fully saturated rings. The van der Waals surface area contributed by atoms with Crippen molar-refractivity contribution in [3.05, 3.63) is 65.1 Å². The predicted molar refractivity (Wildman–Crippen MR) is 105 cm³/mol. The Morgan fingerprint density at radius 1 is 1.26 bits per heavy atom. The average Bonchev–Trinajstić information content (AvgIpc) is 2.91. The summed E-state index contributed by atoms with van der Waals surface area (Å²) in [4.78, 5) is 1.38. The van der Waals surface area contributed by atoms with Crippen LogP contribution < -0.4 is 5.73 Å². The van der Waals surface area contributed by atoms with E-state index in [1.165, 1.54) is 27.1 Å². The predicted octanol–water partition coefficient (Wildman–Crippen LogP) is 5.93. The summed E-state index contributed by atoms with van der Waals surface area (Å²) in [6.07, 6.45) is 3.92. The van der Waals surface area contributed by atoms with Gasteiger partial charge in [-0.25, -0.2) is 0 Å². The fourth-order valence-electron chi connectivity index (χ4n) is 2.87. The van der Waals surface area contributed by atoms with Crippen molar-refractivity contribution in [2.45, 2.75) is 46.0 Å². The summed E-state index contributed by atoms with van der Waals surface area (Å²) in [7, 11) is 0. The Hall–Kier alpha value is -1.80. The lowest BCUT2D eigenvalue weighted by Gasteiger charge is -2.24. The van der Waals surface area contributed by atoms with Crippen LogP contribution in [0.3, 0.4) is 0 Å². The second-order valence-corrected chi connectivity index (χ2v) is 7.89. The van der Waals surface area contributed by atoms with Gasteiger partial charge in [0.05, 0.1) is 0 Å². The van der Waals surface area contributed by atoms with Crippen molar-refractivity contribution in [3.8, 4) is 10.4 Å². The van der Waals surface area contributed by atoms with Crippen LogP contribution in [0.5, 0.6) is 0 Å². The van der Waals surface area contributed by atoms with E-state index in [0.717, 1.165) is 18.4 Å². The molecule has 0 amide bonds. The molecule has 2 aromatic rings. The van der Waals surface area contributed by atoms with Crippen LogP contribution in [0.15, 0.2) is 42.8 Å². The molecule has 0 saturated carbocycles. The first-order valence-corrected chi connectivity index (χ1v) is 8.93. The number of rotatable bonds is 1. The molecule has 0 atom stereocenters. The maximum atomic E-state index is 5.90. The summed E-state index contributed by atoms with van der Waals surface area (Å²) >= 11 is 1.80. The third-order valence-corrected chi connectivity index (χ3v) is 5.16. The molecular weight excluding hydrogens is 298 g/mol. The first-order valence-electron chi connectivity index (χ1n) is 8.05. The van der Waals surface area contributed by atoms with Crippen LogP contribution in [-0.2, 0) is 18.3 Å². The maximum Gasteiger partial charge on any atom is 0.0384 e. The summed E-state index contributed by atoms with van der Waals surface area (Å²) < 4.78 is 0. The number of hydrogen-bond donors (Lipinski definition) is 1. The summed E-state index contributed by atoms with van der Waals surface area (Å²) in [6.45, 7) is 15.9. The molecule has 0 spiro atoms. The van der Waals surface area contributed by atoms with E-state index in [1.54, 1.807) is 17.4 Å². The van der Waals surface area contributed by atoms with Crippen molar-refractivity contribution in [1.29, 1.82) is 0 Å². The minimum absolute atomic E-state index is 0.210. The Labute approximate surface area is 144 Å². The van der Waals surface area contributed by atoms with E-state index >= 15 is 0 Å². The molecular formula is C21H27NS. The Kier molecular flexibility index (Phi) is 5.16. The maximum absolute atomic E-state index is 5.90. The number of aryl methyl sites for hydroxylation is 1. The van der Waals surface area contributed by atoms with Gasteiger partial charge in [-0.3, -0.25) is 0 Å². The summed E-state index contributed by atoms with van der Waals surface area (Å²) in [6, 6.07) is 6.94. The van der Waals surface area contributed by atoms with E-state index in [2.05, 4.69) is 57.5 Å². The molecule has 1 nitrogen and oxygen atoms in total. The molecule has 122 valence electrons. The van der Waals surface area contributed by atoms with E-state index < -0.39 is 0 Å². The van der Waals surface area contributed by atoms with Crippen molar-refractivity contribution in [2.24, 2.45) is 5.73 Å². The summed E-state index contributed by atoms with van der Waals surface area (Å²) in [5.41, 5.74) is 13.6. The molecule has 0 aliphatic heterocycles. The molecule has 2 heteroatoms. The molecule has 1 aromatic heterocycles. The van der Waals surface area contributed by atoms with Gasteiger partial charge in [0.1, 0.15) is 0 Å². The van der Waals surface area contributed by atoms with Crippen molar-refractivity contribution in [1.82, 2.24) is 0 Å². The molecule has 1 heterocycles. The highest BCUT2D eigenvalue weighted by atomic mass is 32.1. The molecule has 23 heavy (non-hydrogen) atoms. The molecule has 1 aliphatic rings. The van der Waals surface area contributed by atoms with Gasteiger partial charge in [-0.2, -0.15) is 0 Å². The first-order chi connectivity index (χ1) is 10.8. The molecule has 2 N–H and O–H groups in total. The van der Waals surface area contributed by atoms with Gasteiger partial charge in [0.25, 0.3) is 0 Å². The first kappa shape index (κ1) is 17.6. The van der Waals surface area contributed by atoms with Crippen LogP contribution in [0, 0.1) is 0 Å². The summed E-state index contributed by atoms with van der Waals surface area (Å²) in [5, 5.41) is 2.15. The van der Waals surface area contributed by atoms with Crippen LogP contribution in [0.1, 0.15) is 49.9 Å². The molecule has 0 radical (unpaired) electrons. The molecule has 0 saturated heterocycles. The number of allylic oxidation sites excluding steroid dienone is 1. The Morgan fingerprint density at radius 3 is 2.48 bits per heavy atom. The Morgan fingerprint density at radius 2 is 1.91 bits per heavy atom. The van der Waals surface area contributed by atoms with Crippen LogP contribution in [0.4, 0.5) is 0 Å². The minimum Gasteiger partial charge on any atom is -0.399 e. The van der Waals surface area contributed by atoms with Gasteiger partial charge in [0, 0.05) is 21.5 Å². The Bertz CT molecular complexity index is 729. The van der Waals surface area contributed by atoms with Gasteiger partial charge in [-0.15, -0.1) is 17.9 Å². The summed E-state index contributed by atoms with van der Waals surface area (Å²) in [5.74, 6) is 0. The van der Waals surface area contributed by atoms with Crippen LogP contribution >= 0.6 is 11.3 Å². The van der Waals surface area contributed by atoms with Crippen molar-refractivity contribution >= 4 is 17.0 Å². The normalized spacial score (nSPS) is 12.5. The molecule has 3 rings (SSSR count). The van der Waals surface area contributed by atoms with E-state index in [1.807, 2.05) is 6.92 Å². The van der Waals surface area contributed by atoms with Crippen LogP contribution in [-0.4, -0.2) is 0 Å². The van der Waals surface area contributed by atoms with Crippen LogP contribution in [0.25, 0.3) is 16.1 Å². The number of thiophene rings is 1. The van der Waals surface area contributed by atoms with Crippen molar-refractivity contribution in [2.75, 3.05) is 0 Å². The van der Waals surface area contributed by atoms with Gasteiger partial charge in [0.15, 0.2) is 0 Å². The molecule has 0 unspecified atom stereocenters. The second kappa shape index (κ2) is 6.76. The number of benzene rings is 1. The highest BCUT2D eigenvalue weighted by Crippen LogP contribution is 2.42. The van der Waals surface area contributed by atoms with Gasteiger partial charge < -0.3 is 5.73 Å². The zero-order valence-corrected chi connectivity index (χ0v) is 15.5. The zero-order valence-electron chi connectivity index (χ0n) is 14.7. The lowest BCUT2D eigenvalue weighted by Crippen LogP contribution is -2.13. The standard InChI is InChI=1S/C18H21NS.C3H6/c1-11(19)16-10-20-17-14-8-6-13(18(2,3)4)9-12(14)5-7-15(16)17;1-3-2/h6,8-10H,1,5,7,19H2,2-4H3;3H,1H2,2H3. The monoisotopic (exact) mass is 325 g/mol. The number of hydrogen-bond acceptors (Lipinski definition) is 2. The van der Waals surface area contributed by atoms with E-state index in [9.17, 15) is 0 Å². The zero-order chi connectivity index (χ0) is 17.2. The van der Waals surface area contributed by atoms with E-state index in [0.29, 0.717) is 5.70 Å². The average molecular weight is 326 g/mol. The number of nitrogens with two attached hydrogens (primary N) is 1. The topological polar surface area (TPSA) is 26.0 Å². The van der Waals surface area contributed by atoms with Crippen molar-refractivity contribution in [3.63, 3.8) is 0 Å². The SMILES string of the molecule is C=C(N)c1csc2c1CCc1cc(C(C)(C)C)ccc1-2.C=CC. The van der Waals surface area contributed by atoms with Gasteiger partial charge >= 0.3 is 0 Å². The van der Waals surface area contributed by atoms with E-state index in [-0.39, 0.29) is 5.41 Å². The fraction of sp³-hybridized carbons (Fsp3) is 0.333. The van der Waals surface area contributed by atoms with E-state index in [4.69, 9.17) is 5.73 Å². The largest absolute Gasteiger partial charge is 0.399 e. The van der Waals surface area contributed by atoms with Gasteiger partial charge in [0.2, 0.25) is 0 Å². The number of fused-ring (bicyclic) bond motifs is 3. The quantitative estimate of drug-likeness (QED) is 0.646. The Balaban J connectivity index is 0.000000595. The van der Waals surface area contributed by atoms with Gasteiger partial charge in [-0.05, 0) is 47.4 Å². The third-order valence-electron chi connectivity index (χ3n) is 4.10. The lowest BCUT2D eigenvalue weighted by atomic mass is 9.82. The lowest BCUT2D eigenvalue weighted by molar-refractivity contribution is 0.589. The highest BCUT2D eigenvalue weighted by molar-refractivity contribution is 7.14.